The minimum absolute atomic E-state index is 0.0216. The maximum absolute atomic E-state index is 14.4. The quantitative estimate of drug-likeness (QED) is 0.0512. The van der Waals surface area contributed by atoms with Crippen molar-refractivity contribution in [3.63, 3.8) is 0 Å². The van der Waals surface area contributed by atoms with Gasteiger partial charge in [0.05, 0.1) is 25.1 Å². The van der Waals surface area contributed by atoms with Crippen LogP contribution in [0.25, 0.3) is 16.0 Å². The first-order valence-electron chi connectivity index (χ1n) is 19.8. The predicted octanol–water partition coefficient (Wildman–Crippen LogP) is 2.28. The van der Waals surface area contributed by atoms with Gasteiger partial charge in [0.25, 0.3) is 11.1 Å². The second-order valence-corrected chi connectivity index (χ2v) is 16.8. The molecule has 5 heterocycles. The first-order chi connectivity index (χ1) is 29.9. The minimum atomic E-state index is -4.73. The van der Waals surface area contributed by atoms with Gasteiger partial charge in [-0.1, -0.05) is 13.8 Å². The third-order valence-corrected chi connectivity index (χ3v) is 11.9. The Hall–Kier alpha value is -5.86. The summed E-state index contributed by atoms with van der Waals surface area (Å²) in [6.07, 6.45) is -4.78. The number of aliphatic hydroxyl groups is 1. The SMILES string of the molecule is [C-]#[N+]CCOP(=O)(OCC1OC(n2cc(C)c(=O)[nH]c2=O)CC1OC(=O)COC(=O)c1cc(C)c(C)c(C)c1)OC1CC(n2cnc3c(=O)[nH]c(NC(=O)C(C)C)nc32)OC1CO. The molecule has 3 aromatic heterocycles. The molecule has 7 unspecified atom stereocenters. The molecule has 7 atom stereocenters. The molecular formula is C39H47N8O15P. The number of esters is 2. The summed E-state index contributed by atoms with van der Waals surface area (Å²) in [6.45, 7) is 14.8. The number of aromatic amines is 2. The molecular weight excluding hydrogens is 851 g/mol. The van der Waals surface area contributed by atoms with Gasteiger partial charge >= 0.3 is 25.5 Å². The molecule has 2 aliphatic heterocycles. The summed E-state index contributed by atoms with van der Waals surface area (Å²) < 4.78 is 57.0. The molecule has 0 spiro atoms. The molecule has 338 valence electrons. The number of carbonyl (C=O) groups is 3. The van der Waals surface area contributed by atoms with Crippen LogP contribution in [0.4, 0.5) is 5.95 Å². The van der Waals surface area contributed by atoms with Gasteiger partial charge in [-0.2, -0.15) is 4.98 Å². The zero-order chi connectivity index (χ0) is 45.7. The van der Waals surface area contributed by atoms with E-state index in [-0.39, 0.29) is 47.6 Å². The number of hydrogen-bond acceptors (Lipinski definition) is 17. The number of phosphoric ester groups is 1. The van der Waals surface area contributed by atoms with E-state index in [9.17, 15) is 38.4 Å². The van der Waals surface area contributed by atoms with Crippen LogP contribution in [0, 0.1) is 40.2 Å². The van der Waals surface area contributed by atoms with Crippen molar-refractivity contribution in [2.45, 2.75) is 91.3 Å². The maximum Gasteiger partial charge on any atom is 0.475 e. The van der Waals surface area contributed by atoms with Gasteiger partial charge in [0.1, 0.15) is 43.5 Å². The topological polar surface area (TPSA) is 288 Å². The molecule has 2 fully saturated rings. The third-order valence-electron chi connectivity index (χ3n) is 10.4. The van der Waals surface area contributed by atoms with Crippen molar-refractivity contribution in [3.05, 3.63) is 95.1 Å². The van der Waals surface area contributed by atoms with Gasteiger partial charge in [-0.3, -0.25) is 52.4 Å². The Labute approximate surface area is 358 Å². The molecule has 1 amide bonds. The van der Waals surface area contributed by atoms with E-state index in [0.717, 1.165) is 21.3 Å². The standard InChI is InChI=1S/C39H47N8O15P/c1-19(2)34(50)43-38-42-33-32(36(52)44-38)41-18-47(33)30-13-26(27(15-48)59-30)62-63(55,57-9-8-40-7)58-16-28-25(12-29(60-28)46-14-22(5)35(51)45-39(46)54)61-31(49)17-56-37(53)24-10-20(3)23(6)21(4)11-24/h10-11,14,18-19,25-30,48H,8-9,12-13,15-17H2,1-6H3,(H,45,51,54)(H2,42,43,44,50,52). The lowest BCUT2D eigenvalue weighted by Gasteiger charge is -2.25. The summed E-state index contributed by atoms with van der Waals surface area (Å²) in [4.78, 5) is 92.4. The predicted molar refractivity (Wildman–Crippen MR) is 218 cm³/mol. The Morgan fingerprint density at radius 3 is 2.35 bits per heavy atom. The van der Waals surface area contributed by atoms with Crippen LogP contribution in [0.15, 0.2) is 39.0 Å². The van der Waals surface area contributed by atoms with Crippen molar-refractivity contribution < 1.29 is 56.6 Å². The number of phosphoric acid groups is 1. The lowest BCUT2D eigenvalue weighted by Crippen LogP contribution is -2.34. The summed E-state index contributed by atoms with van der Waals surface area (Å²) in [6, 6.07) is 3.27. The molecule has 6 rings (SSSR count). The van der Waals surface area contributed by atoms with Crippen LogP contribution in [-0.2, 0) is 46.7 Å². The van der Waals surface area contributed by atoms with Crippen molar-refractivity contribution >= 4 is 42.8 Å². The minimum Gasteiger partial charge on any atom is -0.457 e. The molecule has 23 nitrogen and oxygen atoms in total. The van der Waals surface area contributed by atoms with Crippen molar-refractivity contribution in [2.24, 2.45) is 5.92 Å². The van der Waals surface area contributed by atoms with Crippen LogP contribution in [-0.4, -0.2) is 109 Å². The number of aliphatic hydroxyl groups excluding tert-OH is 1. The number of hydrogen-bond donors (Lipinski definition) is 4. The lowest BCUT2D eigenvalue weighted by molar-refractivity contribution is -0.156. The highest BCUT2D eigenvalue weighted by atomic mass is 31.2. The number of anilines is 1. The molecule has 0 saturated carbocycles. The molecule has 63 heavy (non-hydrogen) atoms. The molecule has 24 heteroatoms. The van der Waals surface area contributed by atoms with Gasteiger partial charge in [-0.25, -0.2) is 30.5 Å². The van der Waals surface area contributed by atoms with Crippen molar-refractivity contribution in [1.82, 2.24) is 29.1 Å². The monoisotopic (exact) mass is 898 g/mol. The van der Waals surface area contributed by atoms with Gasteiger partial charge in [0, 0.05) is 30.5 Å². The van der Waals surface area contributed by atoms with E-state index in [0.29, 0.717) is 0 Å². The number of H-pyrrole nitrogens is 2. The number of rotatable bonds is 17. The summed E-state index contributed by atoms with van der Waals surface area (Å²) >= 11 is 0. The van der Waals surface area contributed by atoms with Gasteiger partial charge in [0.15, 0.2) is 17.8 Å². The summed E-state index contributed by atoms with van der Waals surface area (Å²) in [7, 11) is -4.73. The number of nitrogens with zero attached hydrogens (tertiary/aromatic N) is 5. The highest BCUT2D eigenvalue weighted by molar-refractivity contribution is 7.48. The van der Waals surface area contributed by atoms with Crippen molar-refractivity contribution in [2.75, 3.05) is 38.3 Å². The van der Waals surface area contributed by atoms with E-state index >= 15 is 0 Å². The molecule has 4 aromatic rings. The van der Waals surface area contributed by atoms with E-state index in [4.69, 9.17) is 39.1 Å². The maximum atomic E-state index is 14.4. The molecule has 4 N–H and O–H groups in total. The molecule has 2 saturated heterocycles. The Morgan fingerprint density at radius 1 is 0.984 bits per heavy atom. The Kier molecular flexibility index (Phi) is 14.6. The Balaban J connectivity index is 1.20. The van der Waals surface area contributed by atoms with Gasteiger partial charge < -0.3 is 28.9 Å². The van der Waals surface area contributed by atoms with E-state index < -0.39 is 112 Å². The average molecular weight is 899 g/mol. The zero-order valence-corrected chi connectivity index (χ0v) is 36.0. The van der Waals surface area contributed by atoms with Crippen molar-refractivity contribution in [3.8, 4) is 0 Å². The van der Waals surface area contributed by atoms with Crippen LogP contribution in [0.3, 0.4) is 0 Å². The molecule has 0 aliphatic carbocycles. The number of fused-ring (bicyclic) bond motifs is 1. The molecule has 1 aromatic carbocycles. The van der Waals surface area contributed by atoms with Crippen LogP contribution >= 0.6 is 7.82 Å². The second kappa shape index (κ2) is 19.7. The smallest absolute Gasteiger partial charge is 0.457 e. The Bertz CT molecular complexity index is 2630. The zero-order valence-electron chi connectivity index (χ0n) is 35.1. The second-order valence-electron chi connectivity index (χ2n) is 15.2. The molecule has 0 bridgehead atoms. The van der Waals surface area contributed by atoms with Gasteiger partial charge in [-0.15, -0.1) is 0 Å². The first kappa shape index (κ1) is 46.6. The highest BCUT2D eigenvalue weighted by Gasteiger charge is 2.46. The number of amides is 1. The summed E-state index contributed by atoms with van der Waals surface area (Å²) in [5.41, 5.74) is 0.939. The number of aromatic nitrogens is 6. The summed E-state index contributed by atoms with van der Waals surface area (Å²) in [5.74, 6) is -2.73. The van der Waals surface area contributed by atoms with E-state index in [1.807, 2.05) is 20.8 Å². The van der Waals surface area contributed by atoms with Crippen LogP contribution in [0.1, 0.15) is 71.8 Å². The first-order valence-corrected chi connectivity index (χ1v) is 21.2. The Morgan fingerprint density at radius 2 is 1.67 bits per heavy atom. The van der Waals surface area contributed by atoms with E-state index in [2.05, 4.69) is 30.1 Å². The number of benzene rings is 1. The normalized spacial score (nSPS) is 21.9. The number of nitrogens with one attached hydrogen (secondary N) is 3. The molecule has 2 aliphatic rings. The lowest BCUT2D eigenvalue weighted by atomic mass is 10.0. The van der Waals surface area contributed by atoms with Crippen LogP contribution in [0.2, 0.25) is 0 Å². The van der Waals surface area contributed by atoms with E-state index in [1.165, 1.54) is 24.0 Å². The fourth-order valence-electron chi connectivity index (χ4n) is 6.74. The summed E-state index contributed by atoms with van der Waals surface area (Å²) in [5, 5.41) is 12.8. The highest BCUT2D eigenvalue weighted by Crippen LogP contribution is 2.54. The molecule has 0 radical (unpaired) electrons. The van der Waals surface area contributed by atoms with Crippen LogP contribution in [0.5, 0.6) is 0 Å². The number of ether oxygens (including phenoxy) is 4. The number of aryl methyl sites for hydroxylation is 3. The number of imidazole rings is 1. The average Bonchev–Trinajstić information content (AvgIpc) is 3.96. The largest absolute Gasteiger partial charge is 0.475 e. The van der Waals surface area contributed by atoms with E-state index in [1.54, 1.807) is 26.0 Å². The fourth-order valence-corrected chi connectivity index (χ4v) is 8.12. The fraction of sp³-hybridized carbons (Fsp3) is 0.513. The van der Waals surface area contributed by atoms with Gasteiger partial charge in [-0.05, 0) is 56.5 Å². The van der Waals surface area contributed by atoms with Crippen molar-refractivity contribution in [1.29, 1.82) is 0 Å². The number of carbonyl (C=O) groups excluding carboxylic acids is 3. The van der Waals surface area contributed by atoms with Gasteiger partial charge in [0.2, 0.25) is 18.4 Å². The third kappa shape index (κ3) is 10.9. The van der Waals surface area contributed by atoms with Crippen LogP contribution < -0.4 is 22.1 Å².